The maximum atomic E-state index is 12.1. The second-order valence-electron chi connectivity index (χ2n) is 5.88. The lowest BCUT2D eigenvalue weighted by Crippen LogP contribution is -2.15. The monoisotopic (exact) mass is 417 g/mol. The first-order valence-electron chi connectivity index (χ1n) is 8.18. The van der Waals surface area contributed by atoms with Gasteiger partial charge in [-0.25, -0.2) is 0 Å². The Kier molecular flexibility index (Phi) is 5.72. The van der Waals surface area contributed by atoms with Crippen molar-refractivity contribution in [1.29, 1.82) is 0 Å². The van der Waals surface area contributed by atoms with Crippen molar-refractivity contribution < 1.29 is 9.53 Å². The van der Waals surface area contributed by atoms with Crippen molar-refractivity contribution in [1.82, 2.24) is 19.6 Å². The number of carbonyl (C=O) groups excluding carboxylic acids is 1. The van der Waals surface area contributed by atoms with E-state index in [0.717, 1.165) is 21.5 Å². The van der Waals surface area contributed by atoms with Crippen LogP contribution in [0.1, 0.15) is 17.7 Å². The fourth-order valence-corrected chi connectivity index (χ4v) is 2.85. The number of aromatic nitrogens is 4. The largest absolute Gasteiger partial charge is 0.497 e. The number of methoxy groups -OCH3 is 1. The van der Waals surface area contributed by atoms with Crippen molar-refractivity contribution in [3.05, 3.63) is 58.6 Å². The van der Waals surface area contributed by atoms with E-state index in [1.165, 1.54) is 0 Å². The molecule has 1 aromatic carbocycles. The van der Waals surface area contributed by atoms with Crippen LogP contribution < -0.4 is 10.1 Å². The normalized spacial score (nSPS) is 10.7. The van der Waals surface area contributed by atoms with E-state index < -0.39 is 0 Å². The number of nitrogens with one attached hydrogen (secondary N) is 1. The first-order valence-corrected chi connectivity index (χ1v) is 8.97. The van der Waals surface area contributed by atoms with E-state index >= 15 is 0 Å². The molecule has 3 aromatic rings. The molecular formula is C18H20BrN5O2. The van der Waals surface area contributed by atoms with Gasteiger partial charge >= 0.3 is 0 Å². The Hall–Kier alpha value is -2.61. The fourth-order valence-electron chi connectivity index (χ4n) is 2.55. The second kappa shape index (κ2) is 8.18. The van der Waals surface area contributed by atoms with Gasteiger partial charge in [0, 0.05) is 18.3 Å². The Bertz CT molecular complexity index is 903. The molecule has 8 heteroatoms. The molecule has 0 saturated heterocycles. The molecule has 0 saturated carbocycles. The zero-order valence-electron chi connectivity index (χ0n) is 14.6. The standard InChI is InChI=1S/C18H20BrN5O2/c1-13-17(19)10-21-24(13)7-6-18(25)22-15-9-20-23(12-15)11-14-4-3-5-16(8-14)26-2/h3-5,8-10,12H,6-7,11H2,1-2H3,(H,22,25). The van der Waals surface area contributed by atoms with Crippen molar-refractivity contribution in [3.63, 3.8) is 0 Å². The SMILES string of the molecule is COc1cccc(Cn2cc(NC(=O)CCn3ncc(Br)c3C)cn2)c1. The Labute approximate surface area is 160 Å². The van der Waals surface area contributed by atoms with Crippen LogP contribution in [-0.4, -0.2) is 32.6 Å². The van der Waals surface area contributed by atoms with E-state index in [9.17, 15) is 4.79 Å². The van der Waals surface area contributed by atoms with Gasteiger partial charge in [-0.1, -0.05) is 12.1 Å². The summed E-state index contributed by atoms with van der Waals surface area (Å²) < 4.78 is 9.75. The highest BCUT2D eigenvalue weighted by atomic mass is 79.9. The third-order valence-electron chi connectivity index (χ3n) is 3.99. The summed E-state index contributed by atoms with van der Waals surface area (Å²) in [7, 11) is 1.64. The van der Waals surface area contributed by atoms with Gasteiger partial charge in [-0.3, -0.25) is 14.2 Å². The molecule has 0 radical (unpaired) electrons. The summed E-state index contributed by atoms with van der Waals surface area (Å²) >= 11 is 3.41. The van der Waals surface area contributed by atoms with Crippen LogP contribution >= 0.6 is 15.9 Å². The summed E-state index contributed by atoms with van der Waals surface area (Å²) in [6.07, 6.45) is 5.53. The maximum Gasteiger partial charge on any atom is 0.226 e. The molecule has 2 heterocycles. The average Bonchev–Trinajstić information content (AvgIpc) is 3.20. The summed E-state index contributed by atoms with van der Waals surface area (Å²) in [5, 5.41) is 11.4. The minimum atomic E-state index is -0.0723. The molecule has 0 aliphatic carbocycles. The first kappa shape index (κ1) is 18.2. The number of hydrogen-bond acceptors (Lipinski definition) is 4. The molecule has 0 bridgehead atoms. The number of rotatable bonds is 7. The average molecular weight is 418 g/mol. The number of carbonyl (C=O) groups is 1. The predicted molar refractivity (Wildman–Crippen MR) is 102 cm³/mol. The summed E-state index contributed by atoms with van der Waals surface area (Å²) in [6.45, 7) is 3.09. The zero-order valence-corrected chi connectivity index (χ0v) is 16.2. The fraction of sp³-hybridized carbons (Fsp3) is 0.278. The smallest absolute Gasteiger partial charge is 0.226 e. The van der Waals surface area contributed by atoms with E-state index in [4.69, 9.17) is 4.74 Å². The number of benzene rings is 1. The summed E-state index contributed by atoms with van der Waals surface area (Å²) in [6, 6.07) is 7.81. The molecule has 2 aromatic heterocycles. The number of halogens is 1. The highest BCUT2D eigenvalue weighted by Gasteiger charge is 2.08. The second-order valence-corrected chi connectivity index (χ2v) is 6.73. The Morgan fingerprint density at radius 2 is 2.15 bits per heavy atom. The molecule has 0 unspecified atom stereocenters. The van der Waals surface area contributed by atoms with Crippen LogP contribution in [0.25, 0.3) is 0 Å². The molecule has 0 aliphatic heterocycles. The highest BCUT2D eigenvalue weighted by molar-refractivity contribution is 9.10. The van der Waals surface area contributed by atoms with Gasteiger partial charge in [0.15, 0.2) is 0 Å². The van der Waals surface area contributed by atoms with Gasteiger partial charge in [0.2, 0.25) is 5.91 Å². The molecular weight excluding hydrogens is 398 g/mol. The van der Waals surface area contributed by atoms with Gasteiger partial charge in [-0.2, -0.15) is 10.2 Å². The van der Waals surface area contributed by atoms with Crippen LogP contribution in [0.5, 0.6) is 5.75 Å². The lowest BCUT2D eigenvalue weighted by Gasteiger charge is -2.05. The van der Waals surface area contributed by atoms with E-state index in [0.29, 0.717) is 25.2 Å². The van der Waals surface area contributed by atoms with Crippen LogP contribution in [0.3, 0.4) is 0 Å². The number of aryl methyl sites for hydroxylation is 1. The predicted octanol–water partition coefficient (Wildman–Crippen LogP) is 3.24. The van der Waals surface area contributed by atoms with Crippen LogP contribution in [0.4, 0.5) is 5.69 Å². The molecule has 1 amide bonds. The minimum absolute atomic E-state index is 0.0723. The minimum Gasteiger partial charge on any atom is -0.497 e. The van der Waals surface area contributed by atoms with Crippen LogP contribution in [0.2, 0.25) is 0 Å². The van der Waals surface area contributed by atoms with Crippen molar-refractivity contribution in [2.24, 2.45) is 0 Å². The Balaban J connectivity index is 1.54. The van der Waals surface area contributed by atoms with E-state index in [2.05, 4.69) is 31.4 Å². The van der Waals surface area contributed by atoms with E-state index in [1.807, 2.05) is 37.4 Å². The molecule has 1 N–H and O–H groups in total. The van der Waals surface area contributed by atoms with Gasteiger partial charge in [-0.05, 0) is 40.5 Å². The molecule has 136 valence electrons. The van der Waals surface area contributed by atoms with Gasteiger partial charge in [0.1, 0.15) is 5.75 Å². The highest BCUT2D eigenvalue weighted by Crippen LogP contribution is 2.16. The van der Waals surface area contributed by atoms with Crippen LogP contribution in [-0.2, 0) is 17.9 Å². The molecule has 0 aliphatic rings. The quantitative estimate of drug-likeness (QED) is 0.640. The van der Waals surface area contributed by atoms with E-state index in [-0.39, 0.29) is 5.91 Å². The van der Waals surface area contributed by atoms with Crippen molar-refractivity contribution in [2.45, 2.75) is 26.4 Å². The summed E-state index contributed by atoms with van der Waals surface area (Å²) in [5.74, 6) is 0.737. The number of amides is 1. The van der Waals surface area contributed by atoms with Crippen LogP contribution in [0, 0.1) is 6.92 Å². The van der Waals surface area contributed by atoms with Crippen LogP contribution in [0.15, 0.2) is 47.3 Å². The number of ether oxygens (including phenoxy) is 1. The van der Waals surface area contributed by atoms with Gasteiger partial charge in [0.05, 0.1) is 42.8 Å². The molecule has 0 atom stereocenters. The first-order chi connectivity index (χ1) is 12.5. The van der Waals surface area contributed by atoms with Gasteiger partial charge < -0.3 is 10.1 Å². The molecule has 26 heavy (non-hydrogen) atoms. The summed E-state index contributed by atoms with van der Waals surface area (Å²) in [5.41, 5.74) is 2.75. The maximum absolute atomic E-state index is 12.1. The van der Waals surface area contributed by atoms with Gasteiger partial charge in [-0.15, -0.1) is 0 Å². The molecule has 7 nitrogen and oxygen atoms in total. The number of nitrogens with zero attached hydrogens (tertiary/aromatic N) is 4. The molecule has 3 rings (SSSR count). The third kappa shape index (κ3) is 4.51. The topological polar surface area (TPSA) is 74.0 Å². The lowest BCUT2D eigenvalue weighted by atomic mass is 10.2. The third-order valence-corrected chi connectivity index (χ3v) is 4.77. The Morgan fingerprint density at radius 3 is 2.88 bits per heavy atom. The number of hydrogen-bond donors (Lipinski definition) is 1. The zero-order chi connectivity index (χ0) is 18.5. The lowest BCUT2D eigenvalue weighted by molar-refractivity contribution is -0.116. The van der Waals surface area contributed by atoms with Crippen molar-refractivity contribution in [3.8, 4) is 5.75 Å². The van der Waals surface area contributed by atoms with Crippen molar-refractivity contribution >= 4 is 27.5 Å². The summed E-state index contributed by atoms with van der Waals surface area (Å²) in [4.78, 5) is 12.1. The molecule has 0 fully saturated rings. The van der Waals surface area contributed by atoms with Crippen molar-refractivity contribution in [2.75, 3.05) is 12.4 Å². The van der Waals surface area contributed by atoms with E-state index in [1.54, 1.807) is 28.9 Å². The number of anilines is 1. The molecule has 0 spiro atoms. The van der Waals surface area contributed by atoms with Gasteiger partial charge in [0.25, 0.3) is 0 Å². The Morgan fingerprint density at radius 1 is 1.31 bits per heavy atom.